The summed E-state index contributed by atoms with van der Waals surface area (Å²) in [6.45, 7) is 6.66. The predicted octanol–water partition coefficient (Wildman–Crippen LogP) is 1.66. The van der Waals surface area contributed by atoms with Crippen LogP contribution in [-0.4, -0.2) is 31.8 Å². The van der Waals surface area contributed by atoms with Gasteiger partial charge in [-0.1, -0.05) is 19.9 Å². The maximum atomic E-state index is 12.0. The van der Waals surface area contributed by atoms with Crippen LogP contribution in [0.4, 0.5) is 0 Å². The molecule has 5 nitrogen and oxygen atoms in total. The summed E-state index contributed by atoms with van der Waals surface area (Å²) in [4.78, 5) is 16.1. The van der Waals surface area contributed by atoms with E-state index < -0.39 is 10.8 Å². The van der Waals surface area contributed by atoms with Crippen LogP contribution >= 0.6 is 0 Å². The highest BCUT2D eigenvalue weighted by atomic mass is 32.2. The van der Waals surface area contributed by atoms with Gasteiger partial charge < -0.3 is 9.72 Å². The Morgan fingerprint density at radius 3 is 2.86 bits per heavy atom. The Hall–Kier alpha value is -1.69. The van der Waals surface area contributed by atoms with E-state index in [1.807, 2.05) is 49.6 Å². The van der Waals surface area contributed by atoms with Crippen LogP contribution in [0, 0.1) is 12.8 Å². The molecular weight excluding hydrogens is 286 g/mol. The van der Waals surface area contributed by atoms with Crippen LogP contribution in [0.15, 0.2) is 24.4 Å². The molecule has 0 fully saturated rings. The molecule has 0 aromatic carbocycles. The number of hydrogen-bond donors (Lipinski definition) is 1. The molecule has 0 aliphatic carbocycles. The van der Waals surface area contributed by atoms with Crippen molar-refractivity contribution in [3.8, 4) is 0 Å². The molecule has 21 heavy (non-hydrogen) atoms. The lowest BCUT2D eigenvalue weighted by atomic mass is 10.2. The molecule has 0 aliphatic heterocycles. The van der Waals surface area contributed by atoms with Gasteiger partial charge in [-0.3, -0.25) is 9.00 Å². The van der Waals surface area contributed by atoms with Crippen molar-refractivity contribution in [2.45, 2.75) is 26.5 Å². The molecule has 2 heterocycles. The highest BCUT2D eigenvalue weighted by Gasteiger charge is 2.11. The quantitative estimate of drug-likeness (QED) is 0.883. The zero-order valence-electron chi connectivity index (χ0n) is 12.6. The maximum absolute atomic E-state index is 12.0. The number of hydrogen-bond acceptors (Lipinski definition) is 3. The van der Waals surface area contributed by atoms with E-state index in [1.165, 1.54) is 0 Å². The van der Waals surface area contributed by atoms with Crippen LogP contribution in [0.25, 0.3) is 5.65 Å². The van der Waals surface area contributed by atoms with Gasteiger partial charge in [-0.05, 0) is 25.0 Å². The molecule has 0 saturated heterocycles. The monoisotopic (exact) mass is 307 g/mol. The van der Waals surface area contributed by atoms with Crippen molar-refractivity contribution in [2.24, 2.45) is 5.92 Å². The fourth-order valence-corrected chi connectivity index (χ4v) is 2.97. The van der Waals surface area contributed by atoms with Crippen molar-refractivity contribution in [1.29, 1.82) is 0 Å². The number of rotatable bonds is 6. The minimum absolute atomic E-state index is 0.0274. The zero-order valence-corrected chi connectivity index (χ0v) is 13.4. The third kappa shape index (κ3) is 4.39. The summed E-state index contributed by atoms with van der Waals surface area (Å²) >= 11 is 0. The Balaban J connectivity index is 1.95. The van der Waals surface area contributed by atoms with Gasteiger partial charge in [-0.15, -0.1) is 0 Å². The van der Waals surface area contributed by atoms with Crippen LogP contribution < -0.4 is 5.32 Å². The van der Waals surface area contributed by atoms with Gasteiger partial charge in [0.05, 0.1) is 11.4 Å². The number of pyridine rings is 1. The second-order valence-corrected chi connectivity index (χ2v) is 7.01. The highest BCUT2D eigenvalue weighted by Crippen LogP contribution is 2.10. The van der Waals surface area contributed by atoms with E-state index in [2.05, 4.69) is 10.3 Å². The molecule has 1 N–H and O–H groups in total. The Morgan fingerprint density at radius 1 is 1.43 bits per heavy atom. The zero-order chi connectivity index (χ0) is 15.4. The number of amides is 1. The normalized spacial score (nSPS) is 12.8. The number of imidazole rings is 1. The lowest BCUT2D eigenvalue weighted by molar-refractivity contribution is -0.118. The Morgan fingerprint density at radius 2 is 2.19 bits per heavy atom. The number of carbonyl (C=O) groups is 1. The fourth-order valence-electron chi connectivity index (χ4n) is 2.00. The molecule has 0 aliphatic rings. The number of nitrogens with one attached hydrogen (secondary N) is 1. The molecule has 2 aromatic heterocycles. The number of nitrogens with zero attached hydrogens (tertiary/aromatic N) is 2. The Bertz CT molecular complexity index is 664. The fraction of sp³-hybridized carbons (Fsp3) is 0.467. The third-order valence-electron chi connectivity index (χ3n) is 3.05. The van der Waals surface area contributed by atoms with Gasteiger partial charge in [0.15, 0.2) is 0 Å². The Kier molecular flexibility index (Phi) is 5.12. The van der Waals surface area contributed by atoms with Crippen LogP contribution in [0.5, 0.6) is 0 Å². The first-order chi connectivity index (χ1) is 9.95. The molecule has 1 amide bonds. The smallest absolute Gasteiger partial charge is 0.232 e. The van der Waals surface area contributed by atoms with Gasteiger partial charge in [0.1, 0.15) is 11.4 Å². The topological polar surface area (TPSA) is 63.5 Å². The molecule has 2 rings (SSSR count). The molecule has 2 aromatic rings. The van der Waals surface area contributed by atoms with Gasteiger partial charge in [-0.25, -0.2) is 4.98 Å². The standard InChI is InChI=1S/C15H21N3O2S/c1-11(2)7-16-15(19)10-21(20)9-13-8-18-12(3)5-4-6-14(18)17-13/h4-6,8,11H,7,9-10H2,1-3H3,(H,16,19)/t21-/m1/s1. The van der Waals surface area contributed by atoms with Gasteiger partial charge in [0.25, 0.3) is 0 Å². The summed E-state index contributed by atoms with van der Waals surface area (Å²) in [6.07, 6.45) is 1.88. The average molecular weight is 307 g/mol. The second-order valence-electron chi connectivity index (χ2n) is 5.55. The molecule has 6 heteroatoms. The van der Waals surface area contributed by atoms with E-state index in [1.54, 1.807) is 0 Å². The van der Waals surface area contributed by atoms with Crippen LogP contribution in [0.3, 0.4) is 0 Å². The van der Waals surface area contributed by atoms with E-state index in [4.69, 9.17) is 0 Å². The average Bonchev–Trinajstić information content (AvgIpc) is 2.80. The number of carbonyl (C=O) groups excluding carboxylic acids is 1. The largest absolute Gasteiger partial charge is 0.355 e. The Labute approximate surface area is 127 Å². The lowest BCUT2D eigenvalue weighted by Gasteiger charge is -2.06. The molecule has 0 unspecified atom stereocenters. The van der Waals surface area contributed by atoms with Crippen LogP contribution in [-0.2, 0) is 21.3 Å². The summed E-state index contributed by atoms with van der Waals surface area (Å²) in [7, 11) is -1.24. The van der Waals surface area contributed by atoms with Crippen molar-refractivity contribution < 1.29 is 9.00 Å². The SMILES string of the molecule is Cc1cccc2nc(C[S@@](=O)CC(=O)NCC(C)C)cn12. The summed E-state index contributed by atoms with van der Waals surface area (Å²) in [5.41, 5.74) is 2.66. The van der Waals surface area contributed by atoms with Crippen molar-refractivity contribution in [3.05, 3.63) is 35.8 Å². The molecule has 0 bridgehead atoms. The van der Waals surface area contributed by atoms with Crippen LogP contribution in [0.2, 0.25) is 0 Å². The minimum Gasteiger partial charge on any atom is -0.355 e. The third-order valence-corrected chi connectivity index (χ3v) is 4.26. The first-order valence-corrected chi connectivity index (χ1v) is 8.50. The molecule has 0 spiro atoms. The maximum Gasteiger partial charge on any atom is 0.232 e. The summed E-state index contributed by atoms with van der Waals surface area (Å²) in [5, 5.41) is 2.78. The predicted molar refractivity (Wildman–Crippen MR) is 84.5 cm³/mol. The van der Waals surface area contributed by atoms with Gasteiger partial charge in [0.2, 0.25) is 5.91 Å². The van der Waals surface area contributed by atoms with Crippen molar-refractivity contribution in [2.75, 3.05) is 12.3 Å². The lowest BCUT2D eigenvalue weighted by Crippen LogP contribution is -2.31. The molecule has 0 radical (unpaired) electrons. The van der Waals surface area contributed by atoms with Gasteiger partial charge >= 0.3 is 0 Å². The van der Waals surface area contributed by atoms with Gasteiger partial charge in [0, 0.05) is 29.2 Å². The molecular formula is C15H21N3O2S. The number of aromatic nitrogens is 2. The molecule has 0 saturated carbocycles. The highest BCUT2D eigenvalue weighted by molar-refractivity contribution is 7.84. The first-order valence-electron chi connectivity index (χ1n) is 7.01. The van der Waals surface area contributed by atoms with Crippen LogP contribution in [0.1, 0.15) is 25.2 Å². The molecule has 1 atom stereocenters. The summed E-state index contributed by atoms with van der Waals surface area (Å²) < 4.78 is 14.0. The summed E-state index contributed by atoms with van der Waals surface area (Å²) in [5.74, 6) is 0.557. The minimum atomic E-state index is -1.24. The van der Waals surface area contributed by atoms with Gasteiger partial charge in [-0.2, -0.15) is 0 Å². The van der Waals surface area contributed by atoms with Crippen molar-refractivity contribution in [3.63, 3.8) is 0 Å². The van der Waals surface area contributed by atoms with E-state index in [9.17, 15) is 9.00 Å². The van der Waals surface area contributed by atoms with E-state index >= 15 is 0 Å². The van der Waals surface area contributed by atoms with Crippen molar-refractivity contribution in [1.82, 2.24) is 14.7 Å². The van der Waals surface area contributed by atoms with E-state index in [0.29, 0.717) is 18.2 Å². The number of aryl methyl sites for hydroxylation is 1. The first kappa shape index (κ1) is 15.7. The summed E-state index contributed by atoms with van der Waals surface area (Å²) in [6, 6.07) is 5.85. The molecule has 114 valence electrons. The van der Waals surface area contributed by atoms with E-state index in [0.717, 1.165) is 17.0 Å². The second kappa shape index (κ2) is 6.85. The van der Waals surface area contributed by atoms with Crippen molar-refractivity contribution >= 4 is 22.4 Å². The number of fused-ring (bicyclic) bond motifs is 1. The van der Waals surface area contributed by atoms with E-state index in [-0.39, 0.29) is 11.7 Å².